The van der Waals surface area contributed by atoms with Crippen LogP contribution >= 0.6 is 0 Å². The smallest absolute Gasteiger partial charge is 0.255 e. The van der Waals surface area contributed by atoms with Crippen molar-refractivity contribution in [1.29, 1.82) is 0 Å². The minimum Gasteiger partial charge on any atom is -0.369 e. The summed E-state index contributed by atoms with van der Waals surface area (Å²) in [5.41, 5.74) is 4.67. The molecule has 7 rings (SSSR count). The quantitative estimate of drug-likeness (QED) is 0.295. The van der Waals surface area contributed by atoms with Crippen LogP contribution in [-0.4, -0.2) is 47.5 Å². The van der Waals surface area contributed by atoms with Gasteiger partial charge in [-0.2, -0.15) is 0 Å². The van der Waals surface area contributed by atoms with Crippen molar-refractivity contribution in [3.63, 3.8) is 0 Å². The van der Waals surface area contributed by atoms with Crippen LogP contribution < -0.4 is 15.8 Å². The maximum Gasteiger partial charge on any atom is 0.255 e. The van der Waals surface area contributed by atoms with Gasteiger partial charge in [0.2, 0.25) is 0 Å². The zero-order valence-corrected chi connectivity index (χ0v) is 25.2. The van der Waals surface area contributed by atoms with Gasteiger partial charge in [0.15, 0.2) is 0 Å². The first-order valence-electron chi connectivity index (χ1n) is 15.9. The Balaban J connectivity index is 1.13. The number of likely N-dealkylation sites (tertiary alicyclic amines) is 1. The van der Waals surface area contributed by atoms with Gasteiger partial charge < -0.3 is 19.7 Å². The van der Waals surface area contributed by atoms with Crippen molar-refractivity contribution in [1.82, 2.24) is 9.47 Å². The van der Waals surface area contributed by atoms with Gasteiger partial charge in [-0.15, -0.1) is 0 Å². The van der Waals surface area contributed by atoms with E-state index in [0.717, 1.165) is 43.6 Å². The molecule has 2 fully saturated rings. The predicted molar refractivity (Wildman–Crippen MR) is 173 cm³/mol. The van der Waals surface area contributed by atoms with E-state index in [1.807, 2.05) is 39.8 Å². The molecule has 0 spiro atoms. The number of halogens is 1. The van der Waals surface area contributed by atoms with E-state index < -0.39 is 5.82 Å². The van der Waals surface area contributed by atoms with E-state index in [4.69, 9.17) is 0 Å². The molecule has 0 radical (unpaired) electrons. The van der Waals surface area contributed by atoms with Gasteiger partial charge in [-0.1, -0.05) is 36.4 Å². The van der Waals surface area contributed by atoms with Crippen molar-refractivity contribution in [2.45, 2.75) is 38.1 Å². The Morgan fingerprint density at radius 1 is 0.822 bits per heavy atom. The summed E-state index contributed by atoms with van der Waals surface area (Å²) < 4.78 is 15.5. The van der Waals surface area contributed by atoms with Crippen LogP contribution in [0.5, 0.6) is 0 Å². The standard InChI is InChI=1S/C37H37FN4O3/c38-31-12-9-28(10-13-31)36(44)39-32-21-29(37(45)40-17-15-26(16-18-40)19-25-5-2-1-3-6-25)11-14-34(32)41-22-27-20-30(24-41)33-7-4-8-35(43)42(33)23-27/h1-14,21,26-27,30H,15-20,22-24H2,(H,39,44). The molecule has 4 heterocycles. The third kappa shape index (κ3) is 6.14. The summed E-state index contributed by atoms with van der Waals surface area (Å²) in [6, 6.07) is 27.0. The molecule has 7 nitrogen and oxygen atoms in total. The van der Waals surface area contributed by atoms with Gasteiger partial charge in [0.1, 0.15) is 5.82 Å². The number of amides is 2. The molecule has 2 unspecified atom stereocenters. The summed E-state index contributed by atoms with van der Waals surface area (Å²) in [4.78, 5) is 43.8. The Labute approximate surface area is 262 Å². The van der Waals surface area contributed by atoms with E-state index in [2.05, 4.69) is 34.5 Å². The predicted octanol–water partition coefficient (Wildman–Crippen LogP) is 5.96. The molecule has 3 aliphatic rings. The number of nitrogens with one attached hydrogen (secondary N) is 1. The van der Waals surface area contributed by atoms with E-state index in [9.17, 15) is 18.8 Å². The lowest BCUT2D eigenvalue weighted by Crippen LogP contribution is -2.47. The van der Waals surface area contributed by atoms with Crippen LogP contribution in [-0.2, 0) is 13.0 Å². The van der Waals surface area contributed by atoms with Crippen molar-refractivity contribution < 1.29 is 14.0 Å². The highest BCUT2D eigenvalue weighted by molar-refractivity contribution is 6.07. The molecular weight excluding hydrogens is 567 g/mol. The number of piperidine rings is 2. The zero-order valence-electron chi connectivity index (χ0n) is 25.2. The van der Waals surface area contributed by atoms with Gasteiger partial charge in [0.25, 0.3) is 17.4 Å². The van der Waals surface area contributed by atoms with Crippen LogP contribution in [0.15, 0.2) is 95.8 Å². The van der Waals surface area contributed by atoms with Gasteiger partial charge in [-0.3, -0.25) is 14.4 Å². The van der Waals surface area contributed by atoms with Gasteiger partial charge in [-0.05, 0) is 91.6 Å². The van der Waals surface area contributed by atoms with Crippen molar-refractivity contribution in [2.24, 2.45) is 11.8 Å². The number of benzene rings is 3. The molecular formula is C37H37FN4O3. The SMILES string of the molecule is O=C(Nc1cc(C(=O)N2CCC(Cc3ccccc3)CC2)ccc1N1CC2CC(C1)c1cccc(=O)n1C2)c1ccc(F)cc1. The maximum atomic E-state index is 13.8. The number of hydrogen-bond acceptors (Lipinski definition) is 4. The molecule has 3 aliphatic heterocycles. The van der Waals surface area contributed by atoms with E-state index in [1.54, 1.807) is 12.1 Å². The normalized spacial score (nSPS) is 19.6. The lowest BCUT2D eigenvalue weighted by molar-refractivity contribution is 0.0690. The number of hydrogen-bond donors (Lipinski definition) is 1. The lowest BCUT2D eigenvalue weighted by atomic mass is 9.83. The fraction of sp³-hybridized carbons (Fsp3) is 0.324. The van der Waals surface area contributed by atoms with Gasteiger partial charge in [-0.25, -0.2) is 4.39 Å². The van der Waals surface area contributed by atoms with E-state index in [0.29, 0.717) is 48.9 Å². The Morgan fingerprint density at radius 3 is 2.36 bits per heavy atom. The van der Waals surface area contributed by atoms with E-state index in [1.165, 1.54) is 29.8 Å². The van der Waals surface area contributed by atoms with Crippen LogP contribution in [0.2, 0.25) is 0 Å². The van der Waals surface area contributed by atoms with Gasteiger partial charge >= 0.3 is 0 Å². The zero-order chi connectivity index (χ0) is 30.9. The Kier molecular flexibility index (Phi) is 7.96. The lowest BCUT2D eigenvalue weighted by Gasteiger charge is -2.44. The first kappa shape index (κ1) is 29.0. The largest absolute Gasteiger partial charge is 0.369 e. The van der Waals surface area contributed by atoms with E-state index in [-0.39, 0.29) is 29.2 Å². The fourth-order valence-corrected chi connectivity index (χ4v) is 7.40. The van der Waals surface area contributed by atoms with Crippen molar-refractivity contribution in [3.05, 3.63) is 130 Å². The summed E-state index contributed by atoms with van der Waals surface area (Å²) in [7, 11) is 0. The highest BCUT2D eigenvalue weighted by atomic mass is 19.1. The number of pyridine rings is 1. The Bertz CT molecular complexity index is 1760. The van der Waals surface area contributed by atoms with Crippen molar-refractivity contribution in [3.8, 4) is 0 Å². The molecule has 2 bridgehead atoms. The number of fused-ring (bicyclic) bond motifs is 4. The first-order valence-corrected chi connectivity index (χ1v) is 15.9. The summed E-state index contributed by atoms with van der Waals surface area (Å²) in [5.74, 6) is 0.203. The third-order valence-corrected chi connectivity index (χ3v) is 9.69. The summed E-state index contributed by atoms with van der Waals surface area (Å²) in [5, 5.41) is 3.04. The summed E-state index contributed by atoms with van der Waals surface area (Å²) in [6.45, 7) is 3.49. The molecule has 1 aromatic heterocycles. The number of nitrogens with zero attached hydrogens (tertiary/aromatic N) is 3. The second-order valence-corrected chi connectivity index (χ2v) is 12.7. The highest BCUT2D eigenvalue weighted by Crippen LogP contribution is 2.39. The molecule has 45 heavy (non-hydrogen) atoms. The molecule has 1 N–H and O–H groups in total. The first-order chi connectivity index (χ1) is 21.9. The average molecular weight is 605 g/mol. The monoisotopic (exact) mass is 604 g/mol. The number of rotatable bonds is 6. The Morgan fingerprint density at radius 2 is 1.58 bits per heavy atom. The maximum absolute atomic E-state index is 13.8. The average Bonchev–Trinajstić information content (AvgIpc) is 3.06. The molecule has 0 saturated carbocycles. The minimum absolute atomic E-state index is 0.0369. The second-order valence-electron chi connectivity index (χ2n) is 12.7. The van der Waals surface area contributed by atoms with Crippen LogP contribution in [0.3, 0.4) is 0 Å². The molecule has 2 atom stereocenters. The summed E-state index contributed by atoms with van der Waals surface area (Å²) in [6.07, 6.45) is 3.93. The fourth-order valence-electron chi connectivity index (χ4n) is 7.40. The number of aromatic nitrogens is 1. The van der Waals surface area contributed by atoms with Crippen LogP contribution in [0.1, 0.15) is 57.2 Å². The topological polar surface area (TPSA) is 74.7 Å². The molecule has 8 heteroatoms. The molecule has 230 valence electrons. The highest BCUT2D eigenvalue weighted by Gasteiger charge is 2.35. The molecule has 4 aromatic rings. The van der Waals surface area contributed by atoms with Gasteiger partial charge in [0, 0.05) is 61.5 Å². The third-order valence-electron chi connectivity index (χ3n) is 9.69. The van der Waals surface area contributed by atoms with Crippen molar-refractivity contribution >= 4 is 23.2 Å². The number of carbonyl (C=O) groups excluding carboxylic acids is 2. The number of anilines is 2. The Hall–Kier alpha value is -4.72. The molecule has 0 aliphatic carbocycles. The van der Waals surface area contributed by atoms with Crippen LogP contribution in [0, 0.1) is 17.7 Å². The van der Waals surface area contributed by atoms with Crippen LogP contribution in [0.25, 0.3) is 0 Å². The van der Waals surface area contributed by atoms with Crippen molar-refractivity contribution in [2.75, 3.05) is 36.4 Å². The molecule has 3 aromatic carbocycles. The number of carbonyl (C=O) groups is 2. The minimum atomic E-state index is -0.411. The van der Waals surface area contributed by atoms with E-state index >= 15 is 0 Å². The summed E-state index contributed by atoms with van der Waals surface area (Å²) >= 11 is 0. The molecule has 2 saturated heterocycles. The molecule has 2 amide bonds. The van der Waals surface area contributed by atoms with Crippen LogP contribution in [0.4, 0.5) is 15.8 Å². The second kappa shape index (κ2) is 12.3. The van der Waals surface area contributed by atoms with Gasteiger partial charge in [0.05, 0.1) is 11.4 Å².